The van der Waals surface area contributed by atoms with Crippen LogP contribution < -0.4 is 15.0 Å². The van der Waals surface area contributed by atoms with E-state index in [-0.39, 0.29) is 0 Å². The summed E-state index contributed by atoms with van der Waals surface area (Å²) in [6, 6.07) is 0.343. The summed E-state index contributed by atoms with van der Waals surface area (Å²) in [7, 11) is 5.34. The number of nitrogens with zero attached hydrogens (tertiary/aromatic N) is 4. The molecular weight excluding hydrogens is 218 g/mol. The second-order valence-corrected chi connectivity index (χ2v) is 4.55. The number of anilines is 2. The fourth-order valence-electron chi connectivity index (χ4n) is 1.81. The molecule has 2 unspecified atom stereocenters. The lowest BCUT2D eigenvalue weighted by molar-refractivity contribution is 0.379. The zero-order chi connectivity index (χ0) is 12.4. The van der Waals surface area contributed by atoms with Gasteiger partial charge in [-0.05, 0) is 18.3 Å². The van der Waals surface area contributed by atoms with Crippen LogP contribution in [0.3, 0.4) is 0 Å². The van der Waals surface area contributed by atoms with Gasteiger partial charge in [0.1, 0.15) is 0 Å². The molecular formula is C11H19N5O. The van der Waals surface area contributed by atoms with Gasteiger partial charge in [0, 0.05) is 20.6 Å². The number of methoxy groups -OCH3 is 1. The van der Waals surface area contributed by atoms with Crippen LogP contribution in [0, 0.1) is 11.8 Å². The number of hydrogen-bond acceptors (Lipinski definition) is 6. The molecule has 1 aliphatic rings. The van der Waals surface area contributed by atoms with Gasteiger partial charge in [0.05, 0.1) is 7.11 Å². The molecule has 1 heterocycles. The lowest BCUT2D eigenvalue weighted by Gasteiger charge is -2.17. The highest BCUT2D eigenvalue weighted by atomic mass is 16.5. The van der Waals surface area contributed by atoms with Gasteiger partial charge < -0.3 is 15.0 Å². The summed E-state index contributed by atoms with van der Waals surface area (Å²) < 4.78 is 5.06. The summed E-state index contributed by atoms with van der Waals surface area (Å²) in [5.74, 6) is 2.77. The molecule has 0 aromatic carbocycles. The predicted octanol–water partition coefficient (Wildman–Crippen LogP) is 1.01. The first-order valence-corrected chi connectivity index (χ1v) is 5.83. The van der Waals surface area contributed by atoms with Gasteiger partial charge in [-0.1, -0.05) is 6.92 Å². The zero-order valence-electron chi connectivity index (χ0n) is 10.8. The van der Waals surface area contributed by atoms with Crippen molar-refractivity contribution in [1.29, 1.82) is 0 Å². The van der Waals surface area contributed by atoms with E-state index in [9.17, 15) is 0 Å². The third-order valence-electron chi connectivity index (χ3n) is 3.14. The van der Waals surface area contributed by atoms with Crippen molar-refractivity contribution in [3.05, 3.63) is 0 Å². The van der Waals surface area contributed by atoms with Crippen molar-refractivity contribution in [3.63, 3.8) is 0 Å². The lowest BCUT2D eigenvalue weighted by atomic mass is 10.3. The van der Waals surface area contributed by atoms with Gasteiger partial charge >= 0.3 is 6.01 Å². The molecule has 6 heteroatoms. The van der Waals surface area contributed by atoms with Crippen molar-refractivity contribution in [1.82, 2.24) is 15.0 Å². The highest BCUT2D eigenvalue weighted by molar-refractivity contribution is 5.37. The Labute approximate surface area is 101 Å². The molecule has 1 fully saturated rings. The van der Waals surface area contributed by atoms with Crippen LogP contribution in [-0.2, 0) is 0 Å². The van der Waals surface area contributed by atoms with Crippen molar-refractivity contribution in [2.24, 2.45) is 11.8 Å². The normalized spacial score (nSPS) is 22.1. The Morgan fingerprint density at radius 2 is 2.12 bits per heavy atom. The van der Waals surface area contributed by atoms with Crippen molar-refractivity contribution in [2.45, 2.75) is 13.3 Å². The Balaban J connectivity index is 2.12. The van der Waals surface area contributed by atoms with Gasteiger partial charge in [0.15, 0.2) is 0 Å². The van der Waals surface area contributed by atoms with E-state index >= 15 is 0 Å². The molecule has 0 aliphatic heterocycles. The van der Waals surface area contributed by atoms with Crippen molar-refractivity contribution >= 4 is 11.9 Å². The Kier molecular flexibility index (Phi) is 3.31. The molecule has 2 atom stereocenters. The van der Waals surface area contributed by atoms with Crippen LogP contribution in [0.1, 0.15) is 13.3 Å². The van der Waals surface area contributed by atoms with Crippen molar-refractivity contribution in [2.75, 3.05) is 38.0 Å². The first-order chi connectivity index (χ1) is 8.13. The molecule has 2 rings (SSSR count). The van der Waals surface area contributed by atoms with Gasteiger partial charge in [0.2, 0.25) is 11.9 Å². The Morgan fingerprint density at radius 3 is 2.65 bits per heavy atom. The fourth-order valence-corrected chi connectivity index (χ4v) is 1.81. The van der Waals surface area contributed by atoms with E-state index < -0.39 is 0 Å². The maximum absolute atomic E-state index is 5.06. The number of rotatable bonds is 5. The number of nitrogens with one attached hydrogen (secondary N) is 1. The molecule has 0 bridgehead atoms. The van der Waals surface area contributed by atoms with Crippen molar-refractivity contribution in [3.8, 4) is 6.01 Å². The number of aromatic nitrogens is 3. The highest BCUT2D eigenvalue weighted by Gasteiger charge is 2.33. The number of hydrogen-bond donors (Lipinski definition) is 1. The second kappa shape index (κ2) is 4.73. The second-order valence-electron chi connectivity index (χ2n) is 4.55. The third-order valence-corrected chi connectivity index (χ3v) is 3.14. The summed E-state index contributed by atoms with van der Waals surface area (Å²) in [6.45, 7) is 3.25. The van der Waals surface area contributed by atoms with Crippen LogP contribution in [0.25, 0.3) is 0 Å². The van der Waals surface area contributed by atoms with Gasteiger partial charge in [-0.3, -0.25) is 0 Å². The van der Waals surface area contributed by atoms with Crippen LogP contribution in [0.4, 0.5) is 11.9 Å². The Hall–Kier alpha value is -1.59. The molecule has 1 aliphatic carbocycles. The highest BCUT2D eigenvalue weighted by Crippen LogP contribution is 2.38. The minimum Gasteiger partial charge on any atom is -0.467 e. The summed E-state index contributed by atoms with van der Waals surface area (Å²) in [5.41, 5.74) is 0. The summed E-state index contributed by atoms with van der Waals surface area (Å²) >= 11 is 0. The third kappa shape index (κ3) is 2.75. The average Bonchev–Trinajstić information content (AvgIpc) is 3.04. The fraction of sp³-hybridized carbons (Fsp3) is 0.727. The van der Waals surface area contributed by atoms with E-state index in [2.05, 4.69) is 32.1 Å². The Bertz CT molecular complexity index is 375. The smallest absolute Gasteiger partial charge is 0.322 e. The molecule has 0 amide bonds. The van der Waals surface area contributed by atoms with Crippen LogP contribution in [0.15, 0.2) is 0 Å². The van der Waals surface area contributed by atoms with Crippen molar-refractivity contribution < 1.29 is 4.74 Å². The Morgan fingerprint density at radius 1 is 1.41 bits per heavy atom. The lowest BCUT2D eigenvalue weighted by Crippen LogP contribution is -2.23. The maximum Gasteiger partial charge on any atom is 0.322 e. The average molecular weight is 237 g/mol. The molecule has 1 N–H and O–H groups in total. The minimum absolute atomic E-state index is 0.343. The molecule has 1 aromatic rings. The van der Waals surface area contributed by atoms with Crippen LogP contribution in [-0.4, -0.2) is 42.7 Å². The molecule has 17 heavy (non-hydrogen) atoms. The summed E-state index contributed by atoms with van der Waals surface area (Å²) in [6.07, 6.45) is 1.30. The van der Waals surface area contributed by atoms with E-state index in [4.69, 9.17) is 4.74 Å². The van der Waals surface area contributed by atoms with Crippen LogP contribution in [0.2, 0.25) is 0 Å². The van der Waals surface area contributed by atoms with E-state index in [1.54, 1.807) is 14.2 Å². The molecule has 0 spiro atoms. The van der Waals surface area contributed by atoms with E-state index in [1.807, 2.05) is 7.05 Å². The van der Waals surface area contributed by atoms with Crippen LogP contribution in [0.5, 0.6) is 6.01 Å². The first-order valence-electron chi connectivity index (χ1n) is 5.83. The monoisotopic (exact) mass is 237 g/mol. The summed E-state index contributed by atoms with van der Waals surface area (Å²) in [5, 5.41) is 2.91. The van der Waals surface area contributed by atoms with E-state index in [0.29, 0.717) is 17.9 Å². The van der Waals surface area contributed by atoms with Gasteiger partial charge in [-0.25, -0.2) is 0 Å². The molecule has 94 valence electrons. The van der Waals surface area contributed by atoms with E-state index in [0.717, 1.165) is 18.4 Å². The van der Waals surface area contributed by atoms with Gasteiger partial charge in [-0.15, -0.1) is 0 Å². The standard InChI is InChI=1S/C11H19N5O/c1-7-5-8(7)6-16(3)10-13-9(12-2)14-11(15-10)17-4/h7-8H,5-6H2,1-4H3,(H,12,13,14,15). The molecule has 0 radical (unpaired) electrons. The van der Waals surface area contributed by atoms with Crippen LogP contribution >= 0.6 is 0 Å². The SMILES string of the molecule is CNc1nc(OC)nc(N(C)CC2CC2C)n1. The van der Waals surface area contributed by atoms with Gasteiger partial charge in [-0.2, -0.15) is 15.0 Å². The number of ether oxygens (including phenoxy) is 1. The molecule has 1 saturated carbocycles. The molecule has 0 saturated heterocycles. The van der Waals surface area contributed by atoms with E-state index in [1.165, 1.54) is 6.42 Å². The zero-order valence-corrected chi connectivity index (χ0v) is 10.8. The first kappa shape index (κ1) is 11.9. The quantitative estimate of drug-likeness (QED) is 0.824. The minimum atomic E-state index is 0.343. The summed E-state index contributed by atoms with van der Waals surface area (Å²) in [4.78, 5) is 14.7. The molecule has 6 nitrogen and oxygen atoms in total. The van der Waals surface area contributed by atoms with Gasteiger partial charge in [0.25, 0.3) is 0 Å². The predicted molar refractivity (Wildman–Crippen MR) is 66.5 cm³/mol. The largest absolute Gasteiger partial charge is 0.467 e. The maximum atomic E-state index is 5.06. The topological polar surface area (TPSA) is 63.2 Å². The molecule has 1 aromatic heterocycles.